The number of allylic oxidation sites excluding steroid dienone is 2. The third-order valence-corrected chi connectivity index (χ3v) is 2.43. The molecule has 0 bridgehead atoms. The molecule has 0 saturated heterocycles. The second-order valence-corrected chi connectivity index (χ2v) is 3.49. The predicted molar refractivity (Wildman–Crippen MR) is 52.8 cm³/mol. The number of hydrogen-bond acceptors (Lipinski definition) is 0. The van der Waals surface area contributed by atoms with Crippen LogP contribution in [0.25, 0.3) is 0 Å². The Bertz CT molecular complexity index is 137. The fraction of sp³-hybridized carbons (Fsp3) is 0.818. The highest BCUT2D eigenvalue weighted by Crippen LogP contribution is 2.24. The van der Waals surface area contributed by atoms with Crippen LogP contribution in [0.3, 0.4) is 0 Å². The number of hydrogen-bond donors (Lipinski definition) is 0. The fourth-order valence-corrected chi connectivity index (χ4v) is 1.56. The second kappa shape index (κ2) is 6.22. The van der Waals surface area contributed by atoms with Gasteiger partial charge in [0.2, 0.25) is 0 Å². The summed E-state index contributed by atoms with van der Waals surface area (Å²) in [5.74, 6) is 0.492. The maximum atomic E-state index is 12.9. The van der Waals surface area contributed by atoms with Crippen LogP contribution in [0, 0.1) is 5.92 Å². The lowest BCUT2D eigenvalue weighted by atomic mass is 9.91. The van der Waals surface area contributed by atoms with Gasteiger partial charge in [-0.2, -0.15) is 0 Å². The molecule has 0 aliphatic rings. The van der Waals surface area contributed by atoms with Crippen molar-refractivity contribution >= 4 is 0 Å². The van der Waals surface area contributed by atoms with E-state index < -0.39 is 0 Å². The van der Waals surface area contributed by atoms with Crippen molar-refractivity contribution in [2.75, 3.05) is 0 Å². The van der Waals surface area contributed by atoms with Crippen LogP contribution in [0.4, 0.5) is 4.39 Å². The summed E-state index contributed by atoms with van der Waals surface area (Å²) >= 11 is 0. The fourth-order valence-electron chi connectivity index (χ4n) is 1.56. The van der Waals surface area contributed by atoms with Crippen molar-refractivity contribution in [1.29, 1.82) is 0 Å². The molecule has 0 radical (unpaired) electrons. The van der Waals surface area contributed by atoms with E-state index in [0.29, 0.717) is 5.92 Å². The van der Waals surface area contributed by atoms with Gasteiger partial charge in [-0.15, -0.1) is 0 Å². The van der Waals surface area contributed by atoms with E-state index in [4.69, 9.17) is 0 Å². The third-order valence-electron chi connectivity index (χ3n) is 2.43. The maximum Gasteiger partial charge on any atom is 0.0960 e. The van der Waals surface area contributed by atoms with Gasteiger partial charge in [0, 0.05) is 0 Å². The molecule has 0 aromatic heterocycles. The standard InChI is InChI=1S/C11H21F/c1-5-7-11(8-6-2)9(3)10(4)12/h11H,5-8H2,1-4H3. The van der Waals surface area contributed by atoms with Crippen molar-refractivity contribution in [2.45, 2.75) is 53.4 Å². The number of halogens is 1. The summed E-state index contributed by atoms with van der Waals surface area (Å²) in [6, 6.07) is 0. The van der Waals surface area contributed by atoms with E-state index in [1.54, 1.807) is 6.92 Å². The van der Waals surface area contributed by atoms with Crippen LogP contribution < -0.4 is 0 Å². The van der Waals surface area contributed by atoms with Crippen LogP contribution in [-0.4, -0.2) is 0 Å². The molecule has 0 amide bonds. The van der Waals surface area contributed by atoms with Gasteiger partial charge in [-0.1, -0.05) is 26.7 Å². The molecular formula is C11H21F. The van der Waals surface area contributed by atoms with Gasteiger partial charge in [0.25, 0.3) is 0 Å². The first-order valence-corrected chi connectivity index (χ1v) is 4.96. The zero-order chi connectivity index (χ0) is 9.56. The molecule has 0 rings (SSSR count). The molecule has 0 atom stereocenters. The van der Waals surface area contributed by atoms with Gasteiger partial charge in [-0.3, -0.25) is 0 Å². The highest BCUT2D eigenvalue weighted by Gasteiger charge is 2.10. The van der Waals surface area contributed by atoms with E-state index in [-0.39, 0.29) is 5.83 Å². The van der Waals surface area contributed by atoms with Crippen LogP contribution in [0.5, 0.6) is 0 Å². The van der Waals surface area contributed by atoms with Crippen molar-refractivity contribution in [1.82, 2.24) is 0 Å². The minimum absolute atomic E-state index is 0.0156. The van der Waals surface area contributed by atoms with E-state index in [2.05, 4.69) is 13.8 Å². The first kappa shape index (κ1) is 11.7. The summed E-state index contributed by atoms with van der Waals surface area (Å²) in [5.41, 5.74) is 0.957. The molecule has 0 aliphatic heterocycles. The van der Waals surface area contributed by atoms with Crippen LogP contribution in [-0.2, 0) is 0 Å². The zero-order valence-corrected chi connectivity index (χ0v) is 8.78. The molecule has 0 aromatic carbocycles. The SMILES string of the molecule is CCCC(CCC)C(C)=C(C)F. The van der Waals surface area contributed by atoms with Gasteiger partial charge in [0.1, 0.15) is 0 Å². The van der Waals surface area contributed by atoms with Crippen molar-refractivity contribution in [3.63, 3.8) is 0 Å². The quantitative estimate of drug-likeness (QED) is 0.574. The summed E-state index contributed by atoms with van der Waals surface area (Å²) in [6.45, 7) is 7.80. The molecular weight excluding hydrogens is 151 g/mol. The smallest absolute Gasteiger partial charge is 0.0960 e. The zero-order valence-electron chi connectivity index (χ0n) is 8.78. The van der Waals surface area contributed by atoms with Gasteiger partial charge in [-0.25, -0.2) is 4.39 Å². The van der Waals surface area contributed by atoms with Gasteiger partial charge in [-0.05, 0) is 38.2 Å². The Morgan fingerprint density at radius 2 is 1.50 bits per heavy atom. The molecule has 0 unspecified atom stereocenters. The molecule has 0 saturated carbocycles. The summed E-state index contributed by atoms with van der Waals surface area (Å²) in [7, 11) is 0. The third kappa shape index (κ3) is 3.89. The largest absolute Gasteiger partial charge is 0.212 e. The van der Waals surface area contributed by atoms with Crippen molar-refractivity contribution in [2.24, 2.45) is 5.92 Å². The molecule has 1 heteroatoms. The first-order chi connectivity index (χ1) is 5.63. The molecule has 0 nitrogen and oxygen atoms in total. The van der Waals surface area contributed by atoms with Crippen LogP contribution in [0.2, 0.25) is 0 Å². The Morgan fingerprint density at radius 1 is 1.08 bits per heavy atom. The Morgan fingerprint density at radius 3 is 1.75 bits per heavy atom. The monoisotopic (exact) mass is 172 g/mol. The number of rotatable bonds is 5. The molecule has 0 heterocycles. The lowest BCUT2D eigenvalue weighted by molar-refractivity contribution is 0.480. The van der Waals surface area contributed by atoms with Gasteiger partial charge < -0.3 is 0 Å². The van der Waals surface area contributed by atoms with E-state index in [9.17, 15) is 4.39 Å². The molecule has 0 N–H and O–H groups in total. The van der Waals surface area contributed by atoms with E-state index in [1.165, 1.54) is 0 Å². The van der Waals surface area contributed by atoms with E-state index in [0.717, 1.165) is 31.3 Å². The summed E-state index contributed by atoms with van der Waals surface area (Å²) in [5, 5.41) is 0. The lowest BCUT2D eigenvalue weighted by Gasteiger charge is -2.16. The minimum Gasteiger partial charge on any atom is -0.212 e. The molecule has 0 aromatic rings. The molecule has 0 spiro atoms. The van der Waals surface area contributed by atoms with Crippen LogP contribution in [0.15, 0.2) is 11.4 Å². The van der Waals surface area contributed by atoms with Crippen LogP contribution >= 0.6 is 0 Å². The second-order valence-electron chi connectivity index (χ2n) is 3.49. The van der Waals surface area contributed by atoms with Gasteiger partial charge >= 0.3 is 0 Å². The van der Waals surface area contributed by atoms with Gasteiger partial charge in [0.05, 0.1) is 5.83 Å². The van der Waals surface area contributed by atoms with Crippen LogP contribution in [0.1, 0.15) is 53.4 Å². The molecule has 0 fully saturated rings. The highest BCUT2D eigenvalue weighted by molar-refractivity contribution is 5.06. The van der Waals surface area contributed by atoms with Crippen molar-refractivity contribution < 1.29 is 4.39 Å². The highest BCUT2D eigenvalue weighted by atomic mass is 19.1. The Balaban J connectivity index is 4.19. The summed E-state index contributed by atoms with van der Waals surface area (Å²) in [6.07, 6.45) is 4.55. The van der Waals surface area contributed by atoms with E-state index in [1.807, 2.05) is 6.92 Å². The van der Waals surface area contributed by atoms with Crippen molar-refractivity contribution in [3.05, 3.63) is 11.4 Å². The van der Waals surface area contributed by atoms with E-state index >= 15 is 0 Å². The topological polar surface area (TPSA) is 0 Å². The normalized spacial score (nSPS) is 13.5. The Hall–Kier alpha value is -0.330. The van der Waals surface area contributed by atoms with Crippen molar-refractivity contribution in [3.8, 4) is 0 Å². The summed E-state index contributed by atoms with van der Waals surface area (Å²) < 4.78 is 12.9. The predicted octanol–water partition coefficient (Wildman–Crippen LogP) is 4.47. The van der Waals surface area contributed by atoms with Gasteiger partial charge in [0.15, 0.2) is 0 Å². The average molecular weight is 172 g/mol. The first-order valence-electron chi connectivity index (χ1n) is 4.96. The average Bonchev–Trinajstić information content (AvgIpc) is 2.03. The minimum atomic E-state index is 0.0156. The Labute approximate surface area is 75.9 Å². The Kier molecular flexibility index (Phi) is 6.04. The molecule has 0 aliphatic carbocycles. The molecule has 72 valence electrons. The maximum absolute atomic E-state index is 12.9. The lowest BCUT2D eigenvalue weighted by Crippen LogP contribution is -2.02. The summed E-state index contributed by atoms with van der Waals surface area (Å²) in [4.78, 5) is 0. The molecule has 12 heavy (non-hydrogen) atoms.